The first-order valence-corrected chi connectivity index (χ1v) is 5.94. The van der Waals surface area contributed by atoms with E-state index in [0.29, 0.717) is 25.0 Å². The molecule has 1 heterocycles. The Kier molecular flexibility index (Phi) is 3.82. The predicted molar refractivity (Wildman–Crippen MR) is 59.0 cm³/mol. The molecule has 1 aliphatic heterocycles. The van der Waals surface area contributed by atoms with E-state index in [1.165, 1.54) is 6.07 Å². The molecule has 0 bridgehead atoms. The summed E-state index contributed by atoms with van der Waals surface area (Å²) in [5.74, 6) is -1.27. The van der Waals surface area contributed by atoms with Gasteiger partial charge in [-0.3, -0.25) is 0 Å². The quantitative estimate of drug-likeness (QED) is 0.551. The van der Waals surface area contributed by atoms with Crippen LogP contribution < -0.4 is 0 Å². The molecular formula is C12H11ClF4O. The Bertz CT molecular complexity index is 433. The number of alkyl halides is 4. The molecule has 0 amide bonds. The van der Waals surface area contributed by atoms with Crippen LogP contribution in [0.5, 0.6) is 0 Å². The van der Waals surface area contributed by atoms with E-state index >= 15 is 0 Å². The molecular weight excluding hydrogens is 272 g/mol. The predicted octanol–water partition coefficient (Wildman–Crippen LogP) is 4.30. The van der Waals surface area contributed by atoms with E-state index in [1.54, 1.807) is 0 Å². The van der Waals surface area contributed by atoms with Crippen molar-refractivity contribution in [2.45, 2.75) is 30.5 Å². The van der Waals surface area contributed by atoms with E-state index < -0.39 is 23.7 Å². The van der Waals surface area contributed by atoms with Crippen molar-refractivity contribution < 1.29 is 22.3 Å². The van der Waals surface area contributed by atoms with Gasteiger partial charge >= 0.3 is 6.18 Å². The van der Waals surface area contributed by atoms with Crippen LogP contribution in [0.25, 0.3) is 0 Å². The highest BCUT2D eigenvalue weighted by Crippen LogP contribution is 2.36. The number of halogens is 5. The highest BCUT2D eigenvalue weighted by atomic mass is 35.5. The molecule has 100 valence electrons. The summed E-state index contributed by atoms with van der Waals surface area (Å²) in [7, 11) is 0. The second kappa shape index (κ2) is 5.05. The van der Waals surface area contributed by atoms with Crippen LogP contribution in [0.15, 0.2) is 18.2 Å². The van der Waals surface area contributed by atoms with Gasteiger partial charge in [-0.25, -0.2) is 4.39 Å². The van der Waals surface area contributed by atoms with Crippen molar-refractivity contribution in [1.29, 1.82) is 0 Å². The van der Waals surface area contributed by atoms with Crippen molar-refractivity contribution in [1.82, 2.24) is 0 Å². The van der Waals surface area contributed by atoms with Crippen molar-refractivity contribution in [3.05, 3.63) is 35.1 Å². The van der Waals surface area contributed by atoms with Gasteiger partial charge in [0.15, 0.2) is 0 Å². The smallest absolute Gasteiger partial charge is 0.373 e. The van der Waals surface area contributed by atoms with E-state index in [2.05, 4.69) is 0 Å². The average Bonchev–Trinajstić information content (AvgIpc) is 2.28. The fourth-order valence-corrected chi connectivity index (χ4v) is 2.20. The zero-order valence-electron chi connectivity index (χ0n) is 9.31. The Morgan fingerprint density at radius 3 is 2.61 bits per heavy atom. The Balaban J connectivity index is 2.29. The van der Waals surface area contributed by atoms with Gasteiger partial charge in [0.1, 0.15) is 5.82 Å². The molecule has 2 atom stereocenters. The van der Waals surface area contributed by atoms with E-state index in [-0.39, 0.29) is 5.38 Å². The zero-order chi connectivity index (χ0) is 13.3. The van der Waals surface area contributed by atoms with Crippen LogP contribution in [0, 0.1) is 5.82 Å². The monoisotopic (exact) mass is 282 g/mol. The molecule has 1 saturated heterocycles. The molecule has 1 nitrogen and oxygen atoms in total. The zero-order valence-corrected chi connectivity index (χ0v) is 10.1. The summed E-state index contributed by atoms with van der Waals surface area (Å²) < 4.78 is 56.2. The molecule has 0 spiro atoms. The van der Waals surface area contributed by atoms with Crippen LogP contribution in [-0.2, 0) is 10.9 Å². The molecule has 1 aromatic rings. The van der Waals surface area contributed by atoms with Gasteiger partial charge in [-0.1, -0.05) is 6.07 Å². The summed E-state index contributed by atoms with van der Waals surface area (Å²) in [5.41, 5.74) is -0.950. The minimum Gasteiger partial charge on any atom is -0.373 e. The Morgan fingerprint density at radius 1 is 1.28 bits per heavy atom. The Hall–Kier alpha value is -0.810. The maximum Gasteiger partial charge on any atom is 0.419 e. The third-order valence-corrected chi connectivity index (χ3v) is 3.28. The van der Waals surface area contributed by atoms with Crippen LogP contribution in [0.2, 0.25) is 0 Å². The third kappa shape index (κ3) is 2.95. The van der Waals surface area contributed by atoms with Gasteiger partial charge in [-0.2, -0.15) is 13.2 Å². The lowest BCUT2D eigenvalue weighted by Gasteiger charge is -2.26. The lowest BCUT2D eigenvalue weighted by Crippen LogP contribution is -2.20. The summed E-state index contributed by atoms with van der Waals surface area (Å²) in [6, 6.07) is 2.93. The SMILES string of the molecule is Fc1ccc(C2CC(Cl)CCO2)cc1C(F)(F)F. The minimum atomic E-state index is -4.70. The maximum atomic E-state index is 13.1. The van der Waals surface area contributed by atoms with Crippen LogP contribution in [0.1, 0.15) is 30.1 Å². The first-order valence-electron chi connectivity index (χ1n) is 5.50. The molecule has 1 aromatic carbocycles. The second-order valence-corrected chi connectivity index (χ2v) is 4.84. The maximum absolute atomic E-state index is 13.1. The van der Waals surface area contributed by atoms with Gasteiger partial charge in [0.05, 0.1) is 11.7 Å². The largest absolute Gasteiger partial charge is 0.419 e. The van der Waals surface area contributed by atoms with Gasteiger partial charge in [0.2, 0.25) is 0 Å². The molecule has 2 rings (SSSR count). The van der Waals surface area contributed by atoms with Crippen LogP contribution in [0.3, 0.4) is 0 Å². The van der Waals surface area contributed by atoms with Gasteiger partial charge in [0.25, 0.3) is 0 Å². The Labute approximate surface area is 107 Å². The summed E-state index contributed by atoms with van der Waals surface area (Å²) in [6.45, 7) is 0.400. The van der Waals surface area contributed by atoms with Gasteiger partial charge in [-0.05, 0) is 30.5 Å². The molecule has 18 heavy (non-hydrogen) atoms. The van der Waals surface area contributed by atoms with Gasteiger partial charge in [-0.15, -0.1) is 11.6 Å². The molecule has 0 aromatic heterocycles. The summed E-state index contributed by atoms with van der Waals surface area (Å²) >= 11 is 5.95. The topological polar surface area (TPSA) is 9.23 Å². The molecule has 0 saturated carbocycles. The van der Waals surface area contributed by atoms with E-state index in [9.17, 15) is 17.6 Å². The average molecular weight is 283 g/mol. The Morgan fingerprint density at radius 2 is 2.00 bits per heavy atom. The van der Waals surface area contributed by atoms with Crippen molar-refractivity contribution in [3.8, 4) is 0 Å². The lowest BCUT2D eigenvalue weighted by molar-refractivity contribution is -0.140. The molecule has 2 unspecified atom stereocenters. The van der Waals surface area contributed by atoms with Gasteiger partial charge in [0, 0.05) is 12.0 Å². The summed E-state index contributed by atoms with van der Waals surface area (Å²) in [5, 5.41) is -0.122. The van der Waals surface area contributed by atoms with Crippen molar-refractivity contribution in [2.24, 2.45) is 0 Å². The lowest BCUT2D eigenvalue weighted by atomic mass is 9.99. The highest BCUT2D eigenvalue weighted by Gasteiger charge is 2.35. The fourth-order valence-electron chi connectivity index (χ4n) is 1.95. The number of benzene rings is 1. The molecule has 0 N–H and O–H groups in total. The van der Waals surface area contributed by atoms with Crippen LogP contribution in [-0.4, -0.2) is 12.0 Å². The molecule has 0 aliphatic carbocycles. The first-order chi connectivity index (χ1) is 8.38. The molecule has 1 fully saturated rings. The number of hydrogen-bond acceptors (Lipinski definition) is 1. The highest BCUT2D eigenvalue weighted by molar-refractivity contribution is 6.20. The van der Waals surface area contributed by atoms with Gasteiger partial charge < -0.3 is 4.74 Å². The fraction of sp³-hybridized carbons (Fsp3) is 0.500. The molecule has 0 radical (unpaired) electrons. The van der Waals surface area contributed by atoms with E-state index in [0.717, 1.165) is 12.1 Å². The van der Waals surface area contributed by atoms with E-state index in [1.807, 2.05) is 0 Å². The number of rotatable bonds is 1. The van der Waals surface area contributed by atoms with Crippen molar-refractivity contribution in [3.63, 3.8) is 0 Å². The second-order valence-electron chi connectivity index (χ2n) is 4.22. The minimum absolute atomic E-state index is 0.122. The van der Waals surface area contributed by atoms with Crippen LogP contribution in [0.4, 0.5) is 17.6 Å². The van der Waals surface area contributed by atoms with E-state index in [4.69, 9.17) is 16.3 Å². The third-order valence-electron chi connectivity index (χ3n) is 2.89. The number of hydrogen-bond donors (Lipinski definition) is 0. The molecule has 6 heteroatoms. The normalized spacial score (nSPS) is 25.2. The first kappa shape index (κ1) is 13.6. The number of ether oxygens (including phenoxy) is 1. The summed E-state index contributed by atoms with van der Waals surface area (Å²) in [4.78, 5) is 0. The van der Waals surface area contributed by atoms with Crippen molar-refractivity contribution >= 4 is 11.6 Å². The van der Waals surface area contributed by atoms with Crippen molar-refractivity contribution in [2.75, 3.05) is 6.61 Å². The molecule has 1 aliphatic rings. The standard InChI is InChI=1S/C12H11ClF4O/c13-8-3-4-18-11(6-8)7-1-2-10(14)9(5-7)12(15,16)17/h1-2,5,8,11H,3-4,6H2. The van der Waals surface area contributed by atoms with Crippen LogP contribution >= 0.6 is 11.6 Å². The summed E-state index contributed by atoms with van der Waals surface area (Å²) in [6.07, 6.45) is -4.09.